The van der Waals surface area contributed by atoms with Crippen LogP contribution in [0.1, 0.15) is 0 Å². The van der Waals surface area contributed by atoms with E-state index in [1.165, 1.54) is 0 Å². The molecular formula is C16H10BrCl2N3. The van der Waals surface area contributed by atoms with Gasteiger partial charge in [0.25, 0.3) is 0 Å². The van der Waals surface area contributed by atoms with Gasteiger partial charge >= 0.3 is 0 Å². The predicted octanol–water partition coefficient (Wildman–Crippen LogP) is 5.46. The molecule has 0 amide bonds. The number of nitrogens with two attached hydrogens (primary N) is 1. The van der Waals surface area contributed by atoms with Crippen molar-refractivity contribution in [1.82, 2.24) is 9.97 Å². The Morgan fingerprint density at radius 1 is 0.818 bits per heavy atom. The van der Waals surface area contributed by atoms with Crippen molar-refractivity contribution in [1.29, 1.82) is 0 Å². The van der Waals surface area contributed by atoms with E-state index in [2.05, 4.69) is 25.9 Å². The second kappa shape index (κ2) is 6.24. The maximum atomic E-state index is 6.07. The van der Waals surface area contributed by atoms with Crippen molar-refractivity contribution in [3.63, 3.8) is 0 Å². The van der Waals surface area contributed by atoms with Crippen LogP contribution in [-0.4, -0.2) is 9.97 Å². The number of anilines is 1. The van der Waals surface area contributed by atoms with Crippen molar-refractivity contribution in [3.05, 3.63) is 63.0 Å². The summed E-state index contributed by atoms with van der Waals surface area (Å²) in [5.41, 5.74) is 9.07. The molecule has 1 heterocycles. The van der Waals surface area contributed by atoms with Crippen LogP contribution in [0.3, 0.4) is 0 Å². The van der Waals surface area contributed by atoms with Gasteiger partial charge in [-0.1, -0.05) is 57.3 Å². The summed E-state index contributed by atoms with van der Waals surface area (Å²) in [6.45, 7) is 0. The highest BCUT2D eigenvalue weighted by molar-refractivity contribution is 9.10. The fraction of sp³-hybridized carbons (Fsp3) is 0. The van der Waals surface area contributed by atoms with Crippen LogP contribution in [0.15, 0.2) is 53.0 Å². The van der Waals surface area contributed by atoms with E-state index in [1.807, 2.05) is 36.4 Å². The first kappa shape index (κ1) is 15.3. The van der Waals surface area contributed by atoms with Crippen LogP contribution in [0.2, 0.25) is 10.0 Å². The maximum absolute atomic E-state index is 6.07. The summed E-state index contributed by atoms with van der Waals surface area (Å²) < 4.78 is 0.971. The summed E-state index contributed by atoms with van der Waals surface area (Å²) in [7, 11) is 0. The van der Waals surface area contributed by atoms with Gasteiger partial charge in [0.1, 0.15) is 0 Å². The molecule has 110 valence electrons. The van der Waals surface area contributed by atoms with Crippen LogP contribution in [0.5, 0.6) is 0 Å². The lowest BCUT2D eigenvalue weighted by atomic mass is 10.1. The number of halogens is 3. The van der Waals surface area contributed by atoms with E-state index in [-0.39, 0.29) is 5.95 Å². The van der Waals surface area contributed by atoms with Crippen LogP contribution in [0, 0.1) is 0 Å². The average Bonchev–Trinajstić information content (AvgIpc) is 2.49. The van der Waals surface area contributed by atoms with E-state index in [1.54, 1.807) is 12.1 Å². The number of nitrogen functional groups attached to an aromatic ring is 1. The number of aromatic nitrogens is 2. The largest absolute Gasteiger partial charge is 0.368 e. The molecule has 3 nitrogen and oxygen atoms in total. The number of nitrogens with zero attached hydrogens (tertiary/aromatic N) is 2. The Balaban J connectivity index is 2.12. The normalized spacial score (nSPS) is 10.7. The van der Waals surface area contributed by atoms with Crippen molar-refractivity contribution < 1.29 is 0 Å². The summed E-state index contributed by atoms with van der Waals surface area (Å²) in [4.78, 5) is 8.57. The molecule has 0 spiro atoms. The Morgan fingerprint density at radius 2 is 1.50 bits per heavy atom. The molecule has 0 saturated carbocycles. The summed E-state index contributed by atoms with van der Waals surface area (Å²) in [5, 5.41) is 0.972. The van der Waals surface area contributed by atoms with Crippen LogP contribution in [-0.2, 0) is 0 Å². The minimum atomic E-state index is 0.207. The third-order valence-electron chi connectivity index (χ3n) is 3.08. The first-order valence-electron chi connectivity index (χ1n) is 6.39. The highest BCUT2D eigenvalue weighted by atomic mass is 79.9. The first-order valence-corrected chi connectivity index (χ1v) is 7.94. The zero-order chi connectivity index (χ0) is 15.7. The third kappa shape index (κ3) is 3.24. The second-order valence-corrected chi connectivity index (χ2v) is 6.37. The lowest BCUT2D eigenvalue weighted by Crippen LogP contribution is -1.98. The monoisotopic (exact) mass is 393 g/mol. The topological polar surface area (TPSA) is 51.8 Å². The quantitative estimate of drug-likeness (QED) is 0.627. The molecule has 0 aliphatic rings. The molecule has 3 rings (SSSR count). The fourth-order valence-corrected chi connectivity index (χ4v) is 2.76. The SMILES string of the molecule is Nc1nc(-c2cccc(Br)c2)cc(-c2ccc(Cl)c(Cl)c2)n1. The van der Waals surface area contributed by atoms with Crippen molar-refractivity contribution in [2.24, 2.45) is 0 Å². The van der Waals surface area contributed by atoms with Crippen LogP contribution in [0.25, 0.3) is 22.5 Å². The molecule has 2 N–H and O–H groups in total. The summed E-state index contributed by atoms with van der Waals surface area (Å²) in [6, 6.07) is 15.0. The minimum absolute atomic E-state index is 0.207. The minimum Gasteiger partial charge on any atom is -0.368 e. The van der Waals surface area contributed by atoms with E-state index in [0.717, 1.165) is 21.3 Å². The number of hydrogen-bond donors (Lipinski definition) is 1. The summed E-state index contributed by atoms with van der Waals surface area (Å²) in [5.74, 6) is 0.207. The van der Waals surface area contributed by atoms with E-state index < -0.39 is 0 Å². The number of rotatable bonds is 2. The van der Waals surface area contributed by atoms with Crippen molar-refractivity contribution in [3.8, 4) is 22.5 Å². The second-order valence-electron chi connectivity index (χ2n) is 4.64. The molecule has 0 radical (unpaired) electrons. The Hall–Kier alpha value is -1.62. The van der Waals surface area contributed by atoms with Gasteiger partial charge in [-0.3, -0.25) is 0 Å². The zero-order valence-electron chi connectivity index (χ0n) is 11.2. The van der Waals surface area contributed by atoms with Gasteiger partial charge in [-0.2, -0.15) is 0 Å². The molecule has 6 heteroatoms. The molecule has 0 fully saturated rings. The van der Waals surface area contributed by atoms with Crippen LogP contribution in [0.4, 0.5) is 5.95 Å². The third-order valence-corrected chi connectivity index (χ3v) is 4.31. The predicted molar refractivity (Wildman–Crippen MR) is 95.0 cm³/mol. The molecule has 0 saturated heterocycles. The first-order chi connectivity index (χ1) is 10.5. The van der Waals surface area contributed by atoms with Gasteiger partial charge in [-0.15, -0.1) is 0 Å². The molecule has 0 unspecified atom stereocenters. The van der Waals surface area contributed by atoms with Gasteiger partial charge in [0, 0.05) is 15.6 Å². The molecule has 1 aromatic heterocycles. The van der Waals surface area contributed by atoms with Crippen molar-refractivity contribution >= 4 is 45.1 Å². The zero-order valence-corrected chi connectivity index (χ0v) is 14.3. The Labute approximate surface area is 146 Å². The van der Waals surface area contributed by atoms with E-state index >= 15 is 0 Å². The van der Waals surface area contributed by atoms with Crippen LogP contribution < -0.4 is 5.73 Å². The Bertz CT molecular complexity index is 853. The summed E-state index contributed by atoms with van der Waals surface area (Å²) >= 11 is 15.5. The highest BCUT2D eigenvalue weighted by Crippen LogP contribution is 2.30. The lowest BCUT2D eigenvalue weighted by molar-refractivity contribution is 1.19. The van der Waals surface area contributed by atoms with E-state index in [9.17, 15) is 0 Å². The number of hydrogen-bond acceptors (Lipinski definition) is 3. The molecule has 22 heavy (non-hydrogen) atoms. The molecule has 0 aliphatic heterocycles. The lowest BCUT2D eigenvalue weighted by Gasteiger charge is -2.07. The number of benzene rings is 2. The molecule has 0 bridgehead atoms. The average molecular weight is 395 g/mol. The van der Waals surface area contributed by atoms with Crippen molar-refractivity contribution in [2.75, 3.05) is 5.73 Å². The van der Waals surface area contributed by atoms with E-state index in [0.29, 0.717) is 15.7 Å². The van der Waals surface area contributed by atoms with Crippen molar-refractivity contribution in [2.45, 2.75) is 0 Å². The Kier molecular flexibility index (Phi) is 4.34. The molecule has 3 aromatic rings. The van der Waals surface area contributed by atoms with Gasteiger partial charge in [-0.05, 0) is 30.3 Å². The standard InChI is InChI=1S/C16H10BrCl2N3/c17-11-3-1-2-9(6-11)14-8-15(22-16(20)21-14)10-4-5-12(18)13(19)7-10/h1-8H,(H2,20,21,22). The highest BCUT2D eigenvalue weighted by Gasteiger charge is 2.09. The molecule has 2 aromatic carbocycles. The smallest absolute Gasteiger partial charge is 0.221 e. The maximum Gasteiger partial charge on any atom is 0.221 e. The van der Waals surface area contributed by atoms with Gasteiger partial charge in [0.05, 0.1) is 21.4 Å². The molecule has 0 aliphatic carbocycles. The van der Waals surface area contributed by atoms with Gasteiger partial charge in [-0.25, -0.2) is 9.97 Å². The molecule has 0 atom stereocenters. The Morgan fingerprint density at radius 3 is 2.14 bits per heavy atom. The van der Waals surface area contributed by atoms with Gasteiger partial charge < -0.3 is 5.73 Å². The molecular weight excluding hydrogens is 385 g/mol. The van der Waals surface area contributed by atoms with Gasteiger partial charge in [0.2, 0.25) is 5.95 Å². The van der Waals surface area contributed by atoms with Crippen LogP contribution >= 0.6 is 39.1 Å². The summed E-state index contributed by atoms with van der Waals surface area (Å²) in [6.07, 6.45) is 0. The fourth-order valence-electron chi connectivity index (χ4n) is 2.06. The van der Waals surface area contributed by atoms with E-state index in [4.69, 9.17) is 28.9 Å². The van der Waals surface area contributed by atoms with Gasteiger partial charge in [0.15, 0.2) is 0 Å².